The van der Waals surface area contributed by atoms with E-state index in [1.54, 1.807) is 11.3 Å². The third kappa shape index (κ3) is 1.36. The standard InChI is InChI=1S/C8H7IN2S/c10-8(11)7-4-5-6(12-7)2-1-3-9-5/h1-4H,(H3,10,11). The van der Waals surface area contributed by atoms with Crippen molar-refractivity contribution in [3.63, 3.8) is 0 Å². The zero-order valence-electron chi connectivity index (χ0n) is 6.17. The fraction of sp³-hybridized carbons (Fsp3) is 0. The highest BCUT2D eigenvalue weighted by atomic mass is 127. The average Bonchev–Trinajstić information content (AvgIpc) is 2.46. The zero-order chi connectivity index (χ0) is 8.55. The highest BCUT2D eigenvalue weighted by Crippen LogP contribution is 2.14. The summed E-state index contributed by atoms with van der Waals surface area (Å²) in [7, 11) is 0. The van der Waals surface area contributed by atoms with Crippen LogP contribution in [0.2, 0.25) is 0 Å². The van der Waals surface area contributed by atoms with E-state index in [2.05, 4.69) is 22.3 Å². The Labute approximate surface area is 83.7 Å². The maximum atomic E-state index is 7.28. The number of nitrogens with two attached hydrogens (primary N) is 1. The first-order chi connectivity index (χ1) is 5.77. The van der Waals surface area contributed by atoms with Gasteiger partial charge in [0.15, 0.2) is 0 Å². The SMILES string of the molecule is N=C(N)c1cc2c(s1)=CC=CI=2. The molecule has 1 aliphatic rings. The number of thiophene rings is 1. The summed E-state index contributed by atoms with van der Waals surface area (Å²) in [6.07, 6.45) is 4.19. The molecule has 0 unspecified atom stereocenters. The van der Waals surface area contributed by atoms with E-state index in [-0.39, 0.29) is 26.6 Å². The number of allylic oxidation sites excluding steroid dienone is 1. The number of halogens is 1. The number of hydrogen-bond donors (Lipinski definition) is 2. The van der Waals surface area contributed by atoms with Crippen molar-refractivity contribution in [2.75, 3.05) is 0 Å². The van der Waals surface area contributed by atoms with E-state index in [4.69, 9.17) is 11.1 Å². The van der Waals surface area contributed by atoms with Gasteiger partial charge in [0.05, 0.1) is 4.88 Å². The predicted molar refractivity (Wildman–Crippen MR) is 61.4 cm³/mol. The van der Waals surface area contributed by atoms with Gasteiger partial charge in [-0.2, -0.15) is 0 Å². The minimum Gasteiger partial charge on any atom is -0.383 e. The number of amidine groups is 1. The Hall–Kier alpha value is -0.490. The van der Waals surface area contributed by atoms with Gasteiger partial charge in [-0.3, -0.25) is 5.41 Å². The molecule has 0 bridgehead atoms. The molecule has 0 saturated heterocycles. The van der Waals surface area contributed by atoms with Gasteiger partial charge in [-0.05, 0) is 16.2 Å². The Morgan fingerprint density at radius 3 is 3.08 bits per heavy atom. The highest BCUT2D eigenvalue weighted by molar-refractivity contribution is 14.2. The summed E-state index contributed by atoms with van der Waals surface area (Å²) in [5.41, 5.74) is 5.40. The number of rotatable bonds is 1. The first-order valence-electron chi connectivity index (χ1n) is 3.39. The van der Waals surface area contributed by atoms with Crippen molar-refractivity contribution >= 4 is 44.0 Å². The van der Waals surface area contributed by atoms with Crippen molar-refractivity contribution in [2.24, 2.45) is 5.73 Å². The minimum atomic E-state index is 0.0367. The van der Waals surface area contributed by atoms with E-state index in [0.717, 1.165) is 4.88 Å². The minimum absolute atomic E-state index is 0.0367. The summed E-state index contributed by atoms with van der Waals surface area (Å²) in [5, 5.41) is 7.28. The lowest BCUT2D eigenvalue weighted by Crippen LogP contribution is -2.08. The topological polar surface area (TPSA) is 49.9 Å². The van der Waals surface area contributed by atoms with Crippen LogP contribution in [0.1, 0.15) is 4.88 Å². The maximum Gasteiger partial charge on any atom is 0.133 e. The van der Waals surface area contributed by atoms with Crippen molar-refractivity contribution in [1.82, 2.24) is 0 Å². The Morgan fingerprint density at radius 2 is 2.42 bits per heavy atom. The van der Waals surface area contributed by atoms with Crippen LogP contribution in [0.4, 0.5) is 0 Å². The van der Waals surface area contributed by atoms with Crippen LogP contribution in [0.5, 0.6) is 0 Å². The molecule has 1 aromatic rings. The molecule has 0 amide bonds. The van der Waals surface area contributed by atoms with Crippen LogP contribution in [-0.4, -0.2) is 5.84 Å². The van der Waals surface area contributed by atoms with Gasteiger partial charge in [0, 0.05) is 7.69 Å². The molecule has 0 aliphatic carbocycles. The van der Waals surface area contributed by atoms with Crippen LogP contribution in [0.15, 0.2) is 16.2 Å². The molecular weight excluding hydrogens is 283 g/mol. The lowest BCUT2D eigenvalue weighted by Gasteiger charge is -1.85. The molecule has 1 aromatic heterocycles. The predicted octanol–water partition coefficient (Wildman–Crippen LogP) is 1.56. The molecule has 0 radical (unpaired) electrons. The molecule has 0 spiro atoms. The zero-order valence-corrected chi connectivity index (χ0v) is 9.15. The Kier molecular flexibility index (Phi) is 2.10. The van der Waals surface area contributed by atoms with Crippen LogP contribution in [0, 0.1) is 8.56 Å². The Bertz CT molecular complexity index is 434. The summed E-state index contributed by atoms with van der Waals surface area (Å²) in [6.45, 7) is 0. The number of fused-ring (bicyclic) bond motifs is 1. The van der Waals surface area contributed by atoms with E-state index in [0.29, 0.717) is 0 Å². The van der Waals surface area contributed by atoms with Gasteiger partial charge in [-0.25, -0.2) is 0 Å². The molecule has 3 N–H and O–H groups in total. The smallest absolute Gasteiger partial charge is 0.133 e. The molecule has 4 heteroatoms. The molecular formula is C8H7IN2S. The van der Waals surface area contributed by atoms with E-state index in [9.17, 15) is 0 Å². The Balaban J connectivity index is 2.71. The van der Waals surface area contributed by atoms with Crippen molar-refractivity contribution in [1.29, 1.82) is 5.41 Å². The van der Waals surface area contributed by atoms with Crippen molar-refractivity contribution in [3.05, 3.63) is 28.8 Å². The monoisotopic (exact) mass is 290 g/mol. The van der Waals surface area contributed by atoms with E-state index >= 15 is 0 Å². The second-order valence-electron chi connectivity index (χ2n) is 2.33. The van der Waals surface area contributed by atoms with Gasteiger partial charge in [-0.15, -0.1) is 11.3 Å². The molecule has 62 valence electrons. The van der Waals surface area contributed by atoms with Gasteiger partial charge in [0.25, 0.3) is 0 Å². The van der Waals surface area contributed by atoms with Crippen LogP contribution >= 0.6 is 32.1 Å². The molecule has 0 aromatic carbocycles. The fourth-order valence-electron chi connectivity index (χ4n) is 0.943. The second kappa shape index (κ2) is 3.10. The normalized spacial score (nSPS) is 13.7. The maximum absolute atomic E-state index is 7.28. The summed E-state index contributed by atoms with van der Waals surface area (Å²) < 4.78 is 4.90. The van der Waals surface area contributed by atoms with Crippen LogP contribution in [-0.2, 0) is 0 Å². The number of nitrogen functional groups attached to an aromatic ring is 1. The van der Waals surface area contributed by atoms with Crippen LogP contribution in [0.3, 0.4) is 0 Å². The first kappa shape index (κ1) is 8.12. The summed E-state index contributed by atoms with van der Waals surface area (Å²) in [5.74, 6) is 0.187. The molecule has 2 heterocycles. The van der Waals surface area contributed by atoms with Gasteiger partial charge in [0.2, 0.25) is 0 Å². The lowest BCUT2D eigenvalue weighted by molar-refractivity contribution is 1.45. The van der Waals surface area contributed by atoms with E-state index in [1.165, 1.54) is 7.69 Å². The van der Waals surface area contributed by atoms with Crippen LogP contribution in [0.25, 0.3) is 6.08 Å². The van der Waals surface area contributed by atoms with Crippen molar-refractivity contribution in [2.45, 2.75) is 0 Å². The molecule has 0 fully saturated rings. The van der Waals surface area contributed by atoms with Gasteiger partial charge in [0.1, 0.15) is 5.84 Å². The molecule has 12 heavy (non-hydrogen) atoms. The van der Waals surface area contributed by atoms with Crippen molar-refractivity contribution in [3.8, 4) is 0 Å². The third-order valence-corrected chi connectivity index (χ3v) is 5.32. The van der Waals surface area contributed by atoms with E-state index in [1.807, 2.05) is 0 Å². The first-order valence-corrected chi connectivity index (χ1v) is 6.53. The highest BCUT2D eigenvalue weighted by Gasteiger charge is 2.00. The Morgan fingerprint density at radius 1 is 1.58 bits per heavy atom. The molecule has 2 rings (SSSR count). The van der Waals surface area contributed by atoms with Gasteiger partial charge in [-0.1, -0.05) is 26.8 Å². The lowest BCUT2D eigenvalue weighted by atomic mass is 10.4. The molecule has 2 nitrogen and oxygen atoms in total. The molecule has 0 saturated carbocycles. The summed E-state index contributed by atoms with van der Waals surface area (Å²) in [4.78, 5) is 0.902. The largest absolute Gasteiger partial charge is 0.383 e. The fourth-order valence-corrected chi connectivity index (χ4v) is 4.39. The van der Waals surface area contributed by atoms with Gasteiger partial charge >= 0.3 is 0 Å². The molecule has 1 aliphatic heterocycles. The quantitative estimate of drug-likeness (QED) is 0.460. The summed E-state index contributed by atoms with van der Waals surface area (Å²) in [6, 6.07) is 2.05. The number of nitrogens with one attached hydrogen (secondary N) is 1. The molecule has 0 atom stereocenters. The van der Waals surface area contributed by atoms with Crippen LogP contribution < -0.4 is 10.3 Å². The van der Waals surface area contributed by atoms with Crippen molar-refractivity contribution < 1.29 is 0 Å². The summed E-state index contributed by atoms with van der Waals surface area (Å²) >= 11 is 1.65. The van der Waals surface area contributed by atoms with Gasteiger partial charge < -0.3 is 5.73 Å². The van der Waals surface area contributed by atoms with E-state index < -0.39 is 0 Å². The third-order valence-electron chi connectivity index (χ3n) is 1.48. The number of hydrogen-bond acceptors (Lipinski definition) is 2. The average molecular weight is 290 g/mol. The second-order valence-corrected chi connectivity index (χ2v) is 5.92.